The summed E-state index contributed by atoms with van der Waals surface area (Å²) < 4.78 is 11.5. The van der Waals surface area contributed by atoms with Gasteiger partial charge in [0, 0.05) is 28.4 Å². The number of benzene rings is 2. The average molecular weight is 445 g/mol. The molecule has 3 heterocycles. The zero-order chi connectivity index (χ0) is 23.3. The van der Waals surface area contributed by atoms with Crippen molar-refractivity contribution in [1.82, 2.24) is 4.90 Å². The first kappa shape index (κ1) is 21.0. The number of fused-ring (bicyclic) bond motifs is 2. The van der Waals surface area contributed by atoms with Crippen LogP contribution in [0.5, 0.6) is 0 Å². The van der Waals surface area contributed by atoms with Crippen LogP contribution in [0.3, 0.4) is 0 Å². The van der Waals surface area contributed by atoms with E-state index in [1.807, 2.05) is 43.3 Å². The Morgan fingerprint density at radius 2 is 1.85 bits per heavy atom. The van der Waals surface area contributed by atoms with E-state index in [9.17, 15) is 19.5 Å². The van der Waals surface area contributed by atoms with Crippen molar-refractivity contribution < 1.29 is 23.5 Å². The fourth-order valence-electron chi connectivity index (χ4n) is 4.82. The fourth-order valence-corrected chi connectivity index (χ4v) is 4.82. The van der Waals surface area contributed by atoms with Gasteiger partial charge in [-0.3, -0.25) is 4.79 Å². The van der Waals surface area contributed by atoms with Gasteiger partial charge in [0.15, 0.2) is 0 Å². The Labute approximate surface area is 189 Å². The van der Waals surface area contributed by atoms with Crippen molar-refractivity contribution in [3.05, 3.63) is 69.8 Å². The molecule has 2 aromatic heterocycles. The molecule has 0 spiro atoms. The zero-order valence-electron chi connectivity index (χ0n) is 18.4. The summed E-state index contributed by atoms with van der Waals surface area (Å²) in [6.45, 7) is 4.02. The van der Waals surface area contributed by atoms with E-state index in [1.165, 1.54) is 4.90 Å². The first-order chi connectivity index (χ1) is 15.9. The molecule has 1 saturated heterocycles. The normalized spacial score (nSPS) is 16.1. The van der Waals surface area contributed by atoms with Gasteiger partial charge in [0.1, 0.15) is 17.2 Å². The number of nitrogens with zero attached hydrogens (tertiary/aromatic N) is 1. The molecule has 1 unspecified atom stereocenters. The van der Waals surface area contributed by atoms with Crippen LogP contribution < -0.4 is 5.63 Å². The third-order valence-electron chi connectivity index (χ3n) is 6.61. The minimum atomic E-state index is -1.02. The molecule has 5 rings (SSSR count). The lowest BCUT2D eigenvalue weighted by molar-refractivity contribution is -0.148. The minimum Gasteiger partial charge on any atom is -0.480 e. The molecule has 2 aromatic carbocycles. The molecule has 1 atom stereocenters. The maximum Gasteiger partial charge on any atom is 0.340 e. The smallest absolute Gasteiger partial charge is 0.340 e. The monoisotopic (exact) mass is 445 g/mol. The first-order valence-corrected chi connectivity index (χ1v) is 10.9. The number of aryl methyl sites for hydroxylation is 2. The van der Waals surface area contributed by atoms with Crippen LogP contribution in [0.2, 0.25) is 0 Å². The number of carbonyl (C=O) groups excluding carboxylic acids is 1. The number of amides is 1. The van der Waals surface area contributed by atoms with Gasteiger partial charge in [-0.2, -0.15) is 0 Å². The second-order valence-corrected chi connectivity index (χ2v) is 8.52. The van der Waals surface area contributed by atoms with E-state index in [1.54, 1.807) is 13.2 Å². The van der Waals surface area contributed by atoms with Gasteiger partial charge in [-0.1, -0.05) is 30.3 Å². The lowest BCUT2D eigenvalue weighted by atomic mass is 9.97. The van der Waals surface area contributed by atoms with Crippen LogP contribution in [0.4, 0.5) is 0 Å². The third-order valence-corrected chi connectivity index (χ3v) is 6.61. The van der Waals surface area contributed by atoms with E-state index >= 15 is 0 Å². The molecule has 1 aliphatic heterocycles. The number of carboxylic acid groups (broad SMARTS) is 1. The van der Waals surface area contributed by atoms with E-state index in [-0.39, 0.29) is 17.9 Å². The molecule has 1 fully saturated rings. The summed E-state index contributed by atoms with van der Waals surface area (Å²) in [5.41, 5.74) is 4.06. The quantitative estimate of drug-likeness (QED) is 0.466. The highest BCUT2D eigenvalue weighted by molar-refractivity contribution is 6.05. The Bertz CT molecular complexity index is 1460. The Kier molecular flexibility index (Phi) is 5.04. The van der Waals surface area contributed by atoms with E-state index in [0.29, 0.717) is 41.7 Å². The second-order valence-electron chi connectivity index (χ2n) is 8.52. The maximum atomic E-state index is 12.9. The number of hydrogen-bond acceptors (Lipinski definition) is 5. The zero-order valence-corrected chi connectivity index (χ0v) is 18.4. The number of carboxylic acids is 1. The topological polar surface area (TPSA) is 101 Å². The van der Waals surface area contributed by atoms with E-state index in [0.717, 1.165) is 21.9 Å². The van der Waals surface area contributed by atoms with Crippen LogP contribution in [0.1, 0.15) is 29.5 Å². The molecule has 0 bridgehead atoms. The van der Waals surface area contributed by atoms with Crippen molar-refractivity contribution in [1.29, 1.82) is 0 Å². The largest absolute Gasteiger partial charge is 0.480 e. The van der Waals surface area contributed by atoms with Gasteiger partial charge in [0.05, 0.1) is 18.2 Å². The highest BCUT2D eigenvalue weighted by Gasteiger charge is 2.34. The molecule has 4 aromatic rings. The molecular weight excluding hydrogens is 422 g/mol. The Morgan fingerprint density at radius 1 is 1.09 bits per heavy atom. The summed E-state index contributed by atoms with van der Waals surface area (Å²) in [4.78, 5) is 38.6. The number of rotatable bonds is 4. The SMILES string of the molecule is Cc1c(CC(=O)N2CCCC2C(=O)O)c(=O)oc2c(C)c3occ(-c4ccccc4)c3cc12. The molecule has 7 nitrogen and oxygen atoms in total. The van der Waals surface area contributed by atoms with Crippen LogP contribution in [0.25, 0.3) is 33.1 Å². The molecule has 33 heavy (non-hydrogen) atoms. The van der Waals surface area contributed by atoms with Crippen molar-refractivity contribution in [2.24, 2.45) is 0 Å². The van der Waals surface area contributed by atoms with Gasteiger partial charge in [-0.15, -0.1) is 0 Å². The lowest BCUT2D eigenvalue weighted by Gasteiger charge is -2.21. The standard InChI is InChI=1S/C26H23NO6/c1-14-17-11-19-20(16-7-4-3-5-8-16)13-32-23(19)15(2)24(17)33-26(31)18(14)12-22(28)27-10-6-9-21(27)25(29)30/h3-5,7-8,11,13,21H,6,9-10,12H2,1-2H3,(H,29,30). The van der Waals surface area contributed by atoms with Gasteiger partial charge in [-0.05, 0) is 43.9 Å². The van der Waals surface area contributed by atoms with Crippen LogP contribution in [0, 0.1) is 13.8 Å². The lowest BCUT2D eigenvalue weighted by Crippen LogP contribution is -2.41. The third kappa shape index (κ3) is 3.40. The molecule has 0 aliphatic carbocycles. The van der Waals surface area contributed by atoms with Crippen molar-refractivity contribution in [2.45, 2.75) is 39.2 Å². The summed E-state index contributed by atoms with van der Waals surface area (Å²) in [5, 5.41) is 11.0. The summed E-state index contributed by atoms with van der Waals surface area (Å²) >= 11 is 0. The van der Waals surface area contributed by atoms with Gasteiger partial charge >= 0.3 is 11.6 Å². The van der Waals surface area contributed by atoms with Crippen molar-refractivity contribution in [2.75, 3.05) is 6.54 Å². The Hall–Kier alpha value is -3.87. The van der Waals surface area contributed by atoms with E-state index < -0.39 is 17.6 Å². The summed E-state index contributed by atoms with van der Waals surface area (Å²) in [7, 11) is 0. The van der Waals surface area contributed by atoms with Crippen molar-refractivity contribution in [3.63, 3.8) is 0 Å². The average Bonchev–Trinajstić information content (AvgIpc) is 3.46. The second kappa shape index (κ2) is 7.92. The van der Waals surface area contributed by atoms with E-state index in [2.05, 4.69) is 0 Å². The number of hydrogen-bond donors (Lipinski definition) is 1. The molecule has 7 heteroatoms. The number of aliphatic carboxylic acids is 1. The number of likely N-dealkylation sites (tertiary alicyclic amines) is 1. The molecule has 0 saturated carbocycles. The highest BCUT2D eigenvalue weighted by atomic mass is 16.4. The predicted molar refractivity (Wildman–Crippen MR) is 123 cm³/mol. The highest BCUT2D eigenvalue weighted by Crippen LogP contribution is 2.37. The molecule has 1 aliphatic rings. The van der Waals surface area contributed by atoms with Crippen molar-refractivity contribution >= 4 is 33.8 Å². The van der Waals surface area contributed by atoms with Gasteiger partial charge in [-0.25, -0.2) is 9.59 Å². The fraction of sp³-hybridized carbons (Fsp3) is 0.269. The number of carbonyl (C=O) groups is 2. The Balaban J connectivity index is 1.63. The van der Waals surface area contributed by atoms with Crippen LogP contribution in [0.15, 0.2) is 56.3 Å². The van der Waals surface area contributed by atoms with Crippen LogP contribution in [-0.4, -0.2) is 34.5 Å². The predicted octanol–water partition coefficient (Wildman–Crippen LogP) is 4.44. The maximum absolute atomic E-state index is 12.9. The summed E-state index contributed by atoms with van der Waals surface area (Å²) in [6, 6.07) is 11.0. The summed E-state index contributed by atoms with van der Waals surface area (Å²) in [5.74, 6) is -1.39. The molecular formula is C26H23NO6. The Morgan fingerprint density at radius 3 is 2.58 bits per heavy atom. The van der Waals surface area contributed by atoms with E-state index in [4.69, 9.17) is 8.83 Å². The molecule has 1 amide bonds. The van der Waals surface area contributed by atoms with Crippen LogP contribution in [-0.2, 0) is 16.0 Å². The molecule has 168 valence electrons. The number of furan rings is 1. The first-order valence-electron chi connectivity index (χ1n) is 10.9. The molecule has 1 N–H and O–H groups in total. The van der Waals surface area contributed by atoms with Crippen LogP contribution >= 0.6 is 0 Å². The minimum absolute atomic E-state index is 0.193. The van der Waals surface area contributed by atoms with Gasteiger partial charge < -0.3 is 18.8 Å². The van der Waals surface area contributed by atoms with Gasteiger partial charge in [0.2, 0.25) is 5.91 Å². The molecule has 0 radical (unpaired) electrons. The summed E-state index contributed by atoms with van der Waals surface area (Å²) in [6.07, 6.45) is 2.56. The van der Waals surface area contributed by atoms with Gasteiger partial charge in [0.25, 0.3) is 0 Å². The van der Waals surface area contributed by atoms with Crippen molar-refractivity contribution in [3.8, 4) is 11.1 Å².